The van der Waals surface area contributed by atoms with Crippen molar-refractivity contribution in [3.63, 3.8) is 0 Å². The van der Waals surface area contributed by atoms with Crippen LogP contribution in [0.4, 0.5) is 17.1 Å². The number of esters is 1. The molecule has 2 amide bonds. The van der Waals surface area contributed by atoms with E-state index in [4.69, 9.17) is 4.74 Å². The third kappa shape index (κ3) is 4.88. The summed E-state index contributed by atoms with van der Waals surface area (Å²) >= 11 is 2.49. The molecule has 10 nitrogen and oxygen atoms in total. The highest BCUT2D eigenvalue weighted by atomic mass is 32.2. The van der Waals surface area contributed by atoms with Crippen LogP contribution in [0.3, 0.4) is 0 Å². The van der Waals surface area contributed by atoms with Crippen LogP contribution in [0.15, 0.2) is 57.1 Å². The lowest BCUT2D eigenvalue weighted by Gasteiger charge is -2.41. The van der Waals surface area contributed by atoms with E-state index in [0.29, 0.717) is 20.6 Å². The maximum Gasteiger partial charge on any atom is 0.338 e. The minimum Gasteiger partial charge on any atom is -0.452 e. The van der Waals surface area contributed by atoms with Crippen molar-refractivity contribution >= 4 is 57.9 Å². The predicted octanol–water partition coefficient (Wildman–Crippen LogP) is 4.43. The Morgan fingerprint density at radius 2 is 2.00 bits per heavy atom. The largest absolute Gasteiger partial charge is 0.452 e. The number of aromatic nitrogens is 1. The van der Waals surface area contributed by atoms with Gasteiger partial charge in [-0.25, -0.2) is 9.78 Å². The minimum atomic E-state index is -1.22. The zero-order valence-corrected chi connectivity index (χ0v) is 20.6. The summed E-state index contributed by atoms with van der Waals surface area (Å²) in [5, 5.41) is 16.2. The number of carbonyl (C=O) groups is 3. The van der Waals surface area contributed by atoms with E-state index in [2.05, 4.69) is 10.3 Å². The Morgan fingerprint density at radius 3 is 2.69 bits per heavy atom. The number of ether oxygens (including phenoxy) is 1. The molecule has 12 heteroatoms. The molecule has 180 valence electrons. The van der Waals surface area contributed by atoms with E-state index in [1.54, 1.807) is 38.1 Å². The molecule has 0 spiro atoms. The number of para-hydroxylation sites is 2. The normalized spacial score (nSPS) is 14.1. The minimum absolute atomic E-state index is 0.0692. The van der Waals surface area contributed by atoms with Gasteiger partial charge in [-0.2, -0.15) is 0 Å². The summed E-state index contributed by atoms with van der Waals surface area (Å²) in [4.78, 5) is 55.1. The van der Waals surface area contributed by atoms with Crippen molar-refractivity contribution in [2.45, 2.75) is 35.5 Å². The van der Waals surface area contributed by atoms with E-state index in [1.807, 2.05) is 12.3 Å². The Hall–Kier alpha value is -3.77. The van der Waals surface area contributed by atoms with Gasteiger partial charge >= 0.3 is 5.97 Å². The molecule has 1 aromatic heterocycles. The molecule has 0 aliphatic carbocycles. The first-order valence-electron chi connectivity index (χ1n) is 10.4. The average molecular weight is 513 g/mol. The van der Waals surface area contributed by atoms with E-state index in [0.717, 1.165) is 23.5 Å². The maximum absolute atomic E-state index is 13.0. The Kier molecular flexibility index (Phi) is 6.59. The summed E-state index contributed by atoms with van der Waals surface area (Å²) in [7, 11) is 0. The number of nitro benzene ring substituents is 1. The highest BCUT2D eigenvalue weighted by Crippen LogP contribution is 2.38. The van der Waals surface area contributed by atoms with Crippen molar-refractivity contribution in [2.75, 3.05) is 16.8 Å². The number of carbonyl (C=O) groups excluding carboxylic acids is 3. The molecule has 0 saturated carbocycles. The first-order valence-corrected chi connectivity index (χ1v) is 12.1. The predicted molar refractivity (Wildman–Crippen MR) is 131 cm³/mol. The lowest BCUT2D eigenvalue weighted by atomic mass is 9.96. The van der Waals surface area contributed by atoms with Gasteiger partial charge in [0.25, 0.3) is 11.6 Å². The summed E-state index contributed by atoms with van der Waals surface area (Å²) < 4.78 is 5.82. The topological polar surface area (TPSA) is 132 Å². The zero-order valence-electron chi connectivity index (χ0n) is 18.9. The van der Waals surface area contributed by atoms with Crippen LogP contribution in [-0.4, -0.2) is 39.8 Å². The number of hydrogen-bond acceptors (Lipinski definition) is 9. The van der Waals surface area contributed by atoms with Gasteiger partial charge in [0.05, 0.1) is 26.8 Å². The lowest BCUT2D eigenvalue weighted by Crippen LogP contribution is -2.59. The number of benzene rings is 2. The fourth-order valence-corrected chi connectivity index (χ4v) is 5.40. The molecular formula is C23H20N4O6S2. The van der Waals surface area contributed by atoms with Gasteiger partial charge in [0, 0.05) is 17.1 Å². The maximum atomic E-state index is 13.0. The van der Waals surface area contributed by atoms with E-state index in [-0.39, 0.29) is 17.2 Å². The average Bonchev–Trinajstić information content (AvgIpc) is 3.22. The first-order chi connectivity index (χ1) is 16.6. The van der Waals surface area contributed by atoms with Gasteiger partial charge in [-0.1, -0.05) is 23.9 Å². The Bertz CT molecular complexity index is 1350. The summed E-state index contributed by atoms with van der Waals surface area (Å²) in [5.41, 5.74) is 0.195. The second-order valence-electron chi connectivity index (χ2n) is 8.13. The second-order valence-corrected chi connectivity index (χ2v) is 10.3. The summed E-state index contributed by atoms with van der Waals surface area (Å²) in [6.07, 6.45) is 0. The van der Waals surface area contributed by atoms with Crippen LogP contribution < -0.4 is 10.2 Å². The zero-order chi connectivity index (χ0) is 25.3. The number of amides is 2. The highest BCUT2D eigenvalue weighted by Gasteiger charge is 2.43. The number of rotatable bonds is 6. The highest BCUT2D eigenvalue weighted by molar-refractivity contribution is 8.01. The molecule has 2 heterocycles. The second kappa shape index (κ2) is 9.47. The monoisotopic (exact) mass is 512 g/mol. The van der Waals surface area contributed by atoms with Crippen LogP contribution in [0.1, 0.15) is 29.9 Å². The van der Waals surface area contributed by atoms with E-state index < -0.39 is 28.9 Å². The van der Waals surface area contributed by atoms with Gasteiger partial charge < -0.3 is 10.1 Å². The number of hydrogen-bond donors (Lipinski definition) is 1. The van der Waals surface area contributed by atoms with Gasteiger partial charge in [0.15, 0.2) is 10.9 Å². The van der Waals surface area contributed by atoms with Crippen molar-refractivity contribution in [3.05, 3.63) is 69.2 Å². The van der Waals surface area contributed by atoms with Crippen molar-refractivity contribution < 1.29 is 24.0 Å². The SMILES string of the molecule is Cc1csc(Sc2ccc(C(=O)OCC(=O)N3c4ccccc4NC(=O)C3(C)C)cc2[N+](=O)[O-])n1. The molecule has 35 heavy (non-hydrogen) atoms. The molecule has 4 rings (SSSR count). The van der Waals surface area contributed by atoms with E-state index in [9.17, 15) is 24.5 Å². The fourth-order valence-electron chi connectivity index (χ4n) is 3.52. The summed E-state index contributed by atoms with van der Waals surface area (Å²) in [6, 6.07) is 10.8. The molecular weight excluding hydrogens is 492 g/mol. The number of anilines is 2. The molecule has 3 aromatic rings. The van der Waals surface area contributed by atoms with Crippen LogP contribution in [0.5, 0.6) is 0 Å². The van der Waals surface area contributed by atoms with Crippen LogP contribution in [0.25, 0.3) is 0 Å². The Balaban J connectivity index is 1.51. The molecule has 0 unspecified atom stereocenters. The number of fused-ring (bicyclic) bond motifs is 1. The van der Waals surface area contributed by atoms with Crippen molar-refractivity contribution in [1.82, 2.24) is 4.98 Å². The van der Waals surface area contributed by atoms with Crippen LogP contribution in [0.2, 0.25) is 0 Å². The molecule has 0 atom stereocenters. The van der Waals surface area contributed by atoms with Crippen LogP contribution >= 0.6 is 23.1 Å². The van der Waals surface area contributed by atoms with Crippen molar-refractivity contribution in [2.24, 2.45) is 0 Å². The Morgan fingerprint density at radius 1 is 1.26 bits per heavy atom. The van der Waals surface area contributed by atoms with E-state index in [1.165, 1.54) is 28.4 Å². The smallest absolute Gasteiger partial charge is 0.338 e. The number of nitrogens with one attached hydrogen (secondary N) is 1. The molecule has 2 aromatic carbocycles. The van der Waals surface area contributed by atoms with Gasteiger partial charge in [0.2, 0.25) is 5.91 Å². The quantitative estimate of drug-likeness (QED) is 0.291. The summed E-state index contributed by atoms with van der Waals surface area (Å²) in [6.45, 7) is 4.35. The van der Waals surface area contributed by atoms with Crippen LogP contribution in [0, 0.1) is 17.0 Å². The molecule has 0 fully saturated rings. The molecule has 1 aliphatic rings. The van der Waals surface area contributed by atoms with Gasteiger partial charge in [-0.3, -0.25) is 24.6 Å². The molecule has 1 aliphatic heterocycles. The summed E-state index contributed by atoms with van der Waals surface area (Å²) in [5.74, 6) is -1.88. The van der Waals surface area contributed by atoms with Crippen molar-refractivity contribution in [1.29, 1.82) is 0 Å². The first kappa shape index (κ1) is 24.4. The van der Waals surface area contributed by atoms with Crippen LogP contribution in [-0.2, 0) is 14.3 Å². The number of thiazole rings is 1. The molecule has 0 radical (unpaired) electrons. The lowest BCUT2D eigenvalue weighted by molar-refractivity contribution is -0.387. The fraction of sp³-hybridized carbons (Fsp3) is 0.217. The van der Waals surface area contributed by atoms with E-state index >= 15 is 0 Å². The molecule has 1 N–H and O–H groups in total. The standard InChI is InChI=1S/C23H20N4O6S2/c1-13-12-34-22(24-13)35-18-9-8-14(10-17(18)27(31)32)20(29)33-11-19(28)26-16-7-5-4-6-15(16)25-21(30)23(26,2)3/h4-10,12H,11H2,1-3H3,(H,25,30). The van der Waals surface area contributed by atoms with Gasteiger partial charge in [-0.05, 0) is 45.0 Å². The molecule has 0 saturated heterocycles. The van der Waals surface area contributed by atoms with Gasteiger partial charge in [0.1, 0.15) is 5.54 Å². The van der Waals surface area contributed by atoms with Crippen molar-refractivity contribution in [3.8, 4) is 0 Å². The number of nitrogens with zero attached hydrogens (tertiary/aromatic N) is 3. The third-order valence-corrected chi connectivity index (χ3v) is 7.39. The third-order valence-electron chi connectivity index (χ3n) is 5.27. The Labute approximate surface area is 208 Å². The van der Waals surface area contributed by atoms with Gasteiger partial charge in [-0.15, -0.1) is 11.3 Å². The number of aryl methyl sites for hydroxylation is 1. The molecule has 0 bridgehead atoms. The number of nitro groups is 1.